The van der Waals surface area contributed by atoms with Gasteiger partial charge in [-0.25, -0.2) is 13.2 Å². The SMILES string of the molecule is CCCC1COC(c2cc(F)c(C(F)(F)Oc3ccc(Cl)c(F)c3)c(F)c2)OC1. The standard InChI is InChI=1S/C20H18ClF5O3/c1-2-3-11-9-27-19(28-10-11)12-6-16(23)18(17(24)7-12)20(25,26)29-13-4-5-14(21)15(22)8-13/h4-8,11,19H,2-3,9-10H2,1H3. The normalized spacial score (nSPS) is 20.0. The molecule has 0 saturated carbocycles. The highest BCUT2D eigenvalue weighted by Crippen LogP contribution is 2.38. The minimum atomic E-state index is -4.40. The van der Waals surface area contributed by atoms with Crippen molar-refractivity contribution in [1.82, 2.24) is 0 Å². The van der Waals surface area contributed by atoms with Gasteiger partial charge in [0.15, 0.2) is 6.29 Å². The third-order valence-corrected chi connectivity index (χ3v) is 4.73. The van der Waals surface area contributed by atoms with Crippen LogP contribution in [0.4, 0.5) is 22.0 Å². The first-order valence-electron chi connectivity index (χ1n) is 8.95. The first-order chi connectivity index (χ1) is 13.7. The topological polar surface area (TPSA) is 27.7 Å². The molecule has 1 saturated heterocycles. The second-order valence-corrected chi connectivity index (χ2v) is 7.11. The maximum absolute atomic E-state index is 14.4. The molecule has 2 aromatic carbocycles. The summed E-state index contributed by atoms with van der Waals surface area (Å²) in [6.45, 7) is 2.69. The molecular formula is C20H18ClF5O3. The van der Waals surface area contributed by atoms with Gasteiger partial charge in [-0.1, -0.05) is 24.9 Å². The monoisotopic (exact) mass is 436 g/mol. The maximum atomic E-state index is 14.4. The lowest BCUT2D eigenvalue weighted by Gasteiger charge is -2.30. The molecule has 0 amide bonds. The Labute approximate surface area is 169 Å². The quantitative estimate of drug-likeness (QED) is 0.494. The van der Waals surface area contributed by atoms with Crippen LogP contribution in [0.1, 0.15) is 37.2 Å². The van der Waals surface area contributed by atoms with E-state index in [2.05, 4.69) is 4.74 Å². The molecule has 1 fully saturated rings. The van der Waals surface area contributed by atoms with Crippen LogP contribution in [0.25, 0.3) is 0 Å². The summed E-state index contributed by atoms with van der Waals surface area (Å²) in [5.41, 5.74) is -1.66. The van der Waals surface area contributed by atoms with Gasteiger partial charge in [-0.15, -0.1) is 0 Å². The summed E-state index contributed by atoms with van der Waals surface area (Å²) in [4.78, 5) is 0. The second-order valence-electron chi connectivity index (χ2n) is 6.71. The predicted octanol–water partition coefficient (Wildman–Crippen LogP) is 6.35. The van der Waals surface area contributed by atoms with Crippen LogP contribution >= 0.6 is 11.6 Å². The molecule has 0 N–H and O–H groups in total. The van der Waals surface area contributed by atoms with Crippen molar-refractivity contribution in [2.45, 2.75) is 32.2 Å². The van der Waals surface area contributed by atoms with E-state index < -0.39 is 41.2 Å². The molecule has 0 atom stereocenters. The number of rotatable bonds is 6. The summed E-state index contributed by atoms with van der Waals surface area (Å²) in [6.07, 6.45) is -3.63. The van der Waals surface area contributed by atoms with Crippen LogP contribution in [0.2, 0.25) is 5.02 Å². The van der Waals surface area contributed by atoms with Gasteiger partial charge in [0.2, 0.25) is 0 Å². The summed E-state index contributed by atoms with van der Waals surface area (Å²) in [6, 6.07) is 3.96. The molecule has 29 heavy (non-hydrogen) atoms. The molecule has 0 spiro atoms. The fourth-order valence-electron chi connectivity index (χ4n) is 3.06. The predicted molar refractivity (Wildman–Crippen MR) is 95.3 cm³/mol. The van der Waals surface area contributed by atoms with Crippen molar-refractivity contribution in [2.24, 2.45) is 5.92 Å². The van der Waals surface area contributed by atoms with Crippen LogP contribution in [-0.4, -0.2) is 13.2 Å². The summed E-state index contributed by atoms with van der Waals surface area (Å²) >= 11 is 5.48. The first-order valence-corrected chi connectivity index (χ1v) is 9.33. The van der Waals surface area contributed by atoms with Gasteiger partial charge in [-0.3, -0.25) is 0 Å². The van der Waals surface area contributed by atoms with Crippen molar-refractivity contribution < 1.29 is 36.2 Å². The molecular weight excluding hydrogens is 419 g/mol. The third kappa shape index (κ3) is 4.99. The van der Waals surface area contributed by atoms with Gasteiger partial charge in [-0.05, 0) is 30.7 Å². The van der Waals surface area contributed by atoms with Gasteiger partial charge in [0.05, 0.1) is 18.2 Å². The minimum Gasteiger partial charge on any atom is -0.429 e. The van der Waals surface area contributed by atoms with Crippen molar-refractivity contribution in [2.75, 3.05) is 13.2 Å². The molecule has 0 unspecified atom stereocenters. The summed E-state index contributed by atoms with van der Waals surface area (Å²) < 4.78 is 86.2. The molecule has 9 heteroatoms. The van der Waals surface area contributed by atoms with Crippen LogP contribution in [0.5, 0.6) is 5.75 Å². The molecule has 3 nitrogen and oxygen atoms in total. The van der Waals surface area contributed by atoms with Gasteiger partial charge in [0.1, 0.15) is 28.8 Å². The molecule has 1 aliphatic heterocycles. The maximum Gasteiger partial charge on any atom is 0.432 e. The van der Waals surface area contributed by atoms with E-state index in [1.54, 1.807) is 0 Å². The molecule has 3 rings (SSSR count). The Morgan fingerprint density at radius 2 is 1.66 bits per heavy atom. The number of halogens is 6. The van der Waals surface area contributed by atoms with E-state index in [0.29, 0.717) is 31.4 Å². The number of alkyl halides is 2. The lowest BCUT2D eigenvalue weighted by atomic mass is 10.0. The largest absolute Gasteiger partial charge is 0.432 e. The average molecular weight is 437 g/mol. The molecule has 0 radical (unpaired) electrons. The molecule has 1 aliphatic rings. The van der Waals surface area contributed by atoms with Crippen molar-refractivity contribution >= 4 is 11.6 Å². The molecule has 0 aliphatic carbocycles. The van der Waals surface area contributed by atoms with E-state index in [-0.39, 0.29) is 16.5 Å². The Hall–Kier alpha value is -1.90. The van der Waals surface area contributed by atoms with Crippen LogP contribution < -0.4 is 4.74 Å². The van der Waals surface area contributed by atoms with Crippen LogP contribution in [-0.2, 0) is 15.6 Å². The average Bonchev–Trinajstić information content (AvgIpc) is 2.64. The highest BCUT2D eigenvalue weighted by molar-refractivity contribution is 6.30. The zero-order valence-electron chi connectivity index (χ0n) is 15.4. The fraction of sp³-hybridized carbons (Fsp3) is 0.400. The summed E-state index contributed by atoms with van der Waals surface area (Å²) in [7, 11) is 0. The van der Waals surface area contributed by atoms with E-state index in [1.165, 1.54) is 0 Å². The van der Waals surface area contributed by atoms with Crippen LogP contribution in [0.15, 0.2) is 30.3 Å². The van der Waals surface area contributed by atoms with Crippen molar-refractivity contribution in [1.29, 1.82) is 0 Å². The van der Waals surface area contributed by atoms with Crippen molar-refractivity contribution in [3.05, 3.63) is 63.9 Å². The molecule has 0 aromatic heterocycles. The molecule has 158 valence electrons. The first kappa shape index (κ1) is 21.8. The minimum absolute atomic E-state index is 0.0629. The lowest BCUT2D eigenvalue weighted by molar-refractivity contribution is -0.206. The Morgan fingerprint density at radius 1 is 1.03 bits per heavy atom. The Bertz CT molecular complexity index is 846. The Balaban J connectivity index is 1.80. The lowest BCUT2D eigenvalue weighted by Crippen LogP contribution is -2.28. The molecule has 2 aromatic rings. The van der Waals surface area contributed by atoms with E-state index in [1.807, 2.05) is 6.92 Å². The second kappa shape index (κ2) is 8.85. The van der Waals surface area contributed by atoms with Gasteiger partial charge >= 0.3 is 6.11 Å². The number of benzene rings is 2. The highest BCUT2D eigenvalue weighted by Gasteiger charge is 2.42. The number of hydrogen-bond acceptors (Lipinski definition) is 3. The van der Waals surface area contributed by atoms with Crippen molar-refractivity contribution in [3.63, 3.8) is 0 Å². The van der Waals surface area contributed by atoms with Gasteiger partial charge < -0.3 is 14.2 Å². The molecule has 1 heterocycles. The van der Waals surface area contributed by atoms with Gasteiger partial charge in [-0.2, -0.15) is 8.78 Å². The zero-order valence-corrected chi connectivity index (χ0v) is 16.1. The third-order valence-electron chi connectivity index (χ3n) is 4.43. The highest BCUT2D eigenvalue weighted by atomic mass is 35.5. The Kier molecular flexibility index (Phi) is 6.65. The summed E-state index contributed by atoms with van der Waals surface area (Å²) in [5, 5.41) is -0.309. The Morgan fingerprint density at radius 3 is 2.21 bits per heavy atom. The van der Waals surface area contributed by atoms with Gasteiger partial charge in [0, 0.05) is 17.5 Å². The van der Waals surface area contributed by atoms with E-state index in [9.17, 15) is 22.0 Å². The van der Waals surface area contributed by atoms with E-state index in [4.69, 9.17) is 21.1 Å². The summed E-state index contributed by atoms with van der Waals surface area (Å²) in [5.74, 6) is -4.56. The zero-order chi connectivity index (χ0) is 21.2. The van der Waals surface area contributed by atoms with Crippen molar-refractivity contribution in [3.8, 4) is 5.75 Å². The van der Waals surface area contributed by atoms with Crippen LogP contribution in [0, 0.1) is 23.4 Å². The molecule has 0 bridgehead atoms. The van der Waals surface area contributed by atoms with Crippen LogP contribution in [0.3, 0.4) is 0 Å². The van der Waals surface area contributed by atoms with E-state index >= 15 is 0 Å². The number of ether oxygens (including phenoxy) is 3. The fourth-order valence-corrected chi connectivity index (χ4v) is 3.17. The van der Waals surface area contributed by atoms with E-state index in [0.717, 1.165) is 25.0 Å². The smallest absolute Gasteiger partial charge is 0.429 e. The van der Waals surface area contributed by atoms with Gasteiger partial charge in [0.25, 0.3) is 0 Å². The number of hydrogen-bond donors (Lipinski definition) is 0.